The average molecular weight is 201 g/mol. The molecule has 66 valence electrons. The van der Waals surface area contributed by atoms with Crippen LogP contribution in [-0.4, -0.2) is 29.3 Å². The zero-order valence-electron chi connectivity index (χ0n) is 7.17. The maximum absolute atomic E-state index is 5.08. The normalized spacial score (nSPS) is 14.1. The summed E-state index contributed by atoms with van der Waals surface area (Å²) in [6.45, 7) is 3.75. The van der Waals surface area contributed by atoms with Crippen LogP contribution in [0.4, 0.5) is 0 Å². The van der Waals surface area contributed by atoms with Gasteiger partial charge in [0.25, 0.3) is 0 Å². The van der Waals surface area contributed by atoms with Crippen LogP contribution in [0, 0.1) is 6.92 Å². The number of unbranched alkanes of at least 4 members (excludes halogenated alkanes) is 2. The Balaban J connectivity index is 0. The Hall–Kier alpha value is 0.396. The summed E-state index contributed by atoms with van der Waals surface area (Å²) in [4.78, 5) is 0. The maximum atomic E-state index is 5.08. The quantitative estimate of drug-likeness (QED) is 0.324. The van der Waals surface area contributed by atoms with Crippen molar-refractivity contribution in [1.82, 2.24) is 0 Å². The van der Waals surface area contributed by atoms with Crippen LogP contribution in [0.1, 0.15) is 25.7 Å². The molecule has 0 unspecified atom stereocenters. The summed E-state index contributed by atoms with van der Waals surface area (Å²) < 4.78 is 10.2. The number of halogens is 1. The fraction of sp³-hybridized carbons (Fsp3) is 0.625. The molecule has 2 nitrogen and oxygen atoms in total. The summed E-state index contributed by atoms with van der Waals surface area (Å²) in [6, 6.07) is 0. The zero-order chi connectivity index (χ0) is 7.23. The first-order valence-electron chi connectivity index (χ1n) is 3.68. The van der Waals surface area contributed by atoms with E-state index in [2.05, 4.69) is 6.92 Å². The molecule has 0 aliphatic carbocycles. The minimum Gasteiger partial charge on any atom is -1.00 e. The second kappa shape index (κ2) is 9.48. The van der Waals surface area contributed by atoms with Gasteiger partial charge in [0.1, 0.15) is 12.5 Å². The van der Waals surface area contributed by atoms with E-state index >= 15 is 0 Å². The van der Waals surface area contributed by atoms with Gasteiger partial charge in [-0.25, -0.2) is 0 Å². The van der Waals surface area contributed by atoms with Gasteiger partial charge in [-0.2, -0.15) is 6.42 Å². The smallest absolute Gasteiger partial charge is 1.00 e. The van der Waals surface area contributed by atoms with Crippen LogP contribution < -0.4 is 12.4 Å². The third-order valence-electron chi connectivity index (χ3n) is 1.46. The molecule has 0 aromatic carbocycles. The third kappa shape index (κ3) is 5.97. The van der Waals surface area contributed by atoms with Crippen LogP contribution in [-0.2, 0) is 9.47 Å². The van der Waals surface area contributed by atoms with Crippen molar-refractivity contribution in [1.29, 1.82) is 0 Å². The standard InChI is InChI=1S/C8H13O2.ClH.Mg/c1-2-3-4-5-8-9-6-7-10-8;;/h6-8H,1-5H2;1H;/q-1;;+2/p-1. The van der Waals surface area contributed by atoms with Gasteiger partial charge < -0.3 is 28.8 Å². The Morgan fingerprint density at radius 3 is 2.25 bits per heavy atom. The minimum absolute atomic E-state index is 0. The number of ether oxygens (including phenoxy) is 2. The van der Waals surface area contributed by atoms with Crippen LogP contribution in [0.5, 0.6) is 0 Å². The second-order valence-electron chi connectivity index (χ2n) is 2.32. The molecule has 0 radical (unpaired) electrons. The molecule has 1 heterocycles. The predicted molar refractivity (Wildman–Crippen MR) is 44.7 cm³/mol. The van der Waals surface area contributed by atoms with Crippen LogP contribution in [0.2, 0.25) is 0 Å². The summed E-state index contributed by atoms with van der Waals surface area (Å²) in [6.07, 6.45) is 7.43. The first-order chi connectivity index (χ1) is 4.93. The van der Waals surface area contributed by atoms with Gasteiger partial charge in [-0.15, -0.1) is 0 Å². The van der Waals surface area contributed by atoms with Crippen LogP contribution >= 0.6 is 0 Å². The fourth-order valence-electron chi connectivity index (χ4n) is 0.895. The molecule has 1 aliphatic rings. The Kier molecular flexibility index (Phi) is 11.8. The van der Waals surface area contributed by atoms with Gasteiger partial charge in [0.2, 0.25) is 6.29 Å². The van der Waals surface area contributed by atoms with Crippen LogP contribution in [0.15, 0.2) is 12.5 Å². The molecular weight excluding hydrogens is 188 g/mol. The Bertz CT molecular complexity index is 112. The van der Waals surface area contributed by atoms with Crippen molar-refractivity contribution < 1.29 is 21.9 Å². The van der Waals surface area contributed by atoms with Gasteiger partial charge in [0, 0.05) is 6.42 Å². The van der Waals surface area contributed by atoms with Gasteiger partial charge in [0.05, 0.1) is 0 Å². The van der Waals surface area contributed by atoms with E-state index in [9.17, 15) is 0 Å². The summed E-state index contributed by atoms with van der Waals surface area (Å²) in [5.74, 6) is 0. The minimum atomic E-state index is -0.0217. The number of hydrogen-bond acceptors (Lipinski definition) is 2. The molecule has 0 saturated heterocycles. The molecule has 0 amide bonds. The Morgan fingerprint density at radius 1 is 1.17 bits per heavy atom. The van der Waals surface area contributed by atoms with Crippen molar-refractivity contribution in [2.24, 2.45) is 0 Å². The predicted octanol–water partition coefficient (Wildman–Crippen LogP) is -1.15. The van der Waals surface area contributed by atoms with Gasteiger partial charge >= 0.3 is 23.1 Å². The summed E-state index contributed by atoms with van der Waals surface area (Å²) in [5, 5.41) is 0. The van der Waals surface area contributed by atoms with Crippen molar-refractivity contribution in [3.63, 3.8) is 0 Å². The summed E-state index contributed by atoms with van der Waals surface area (Å²) in [7, 11) is 0. The number of rotatable bonds is 4. The molecule has 4 heteroatoms. The molecule has 0 bridgehead atoms. The van der Waals surface area contributed by atoms with E-state index in [1.54, 1.807) is 12.5 Å². The van der Waals surface area contributed by atoms with E-state index < -0.39 is 0 Å². The fourth-order valence-corrected chi connectivity index (χ4v) is 0.895. The van der Waals surface area contributed by atoms with E-state index in [0.29, 0.717) is 0 Å². The molecule has 0 aromatic heterocycles. The molecule has 0 aromatic rings. The molecular formula is C8H13ClMgO2. The summed E-state index contributed by atoms with van der Waals surface area (Å²) >= 11 is 0. The van der Waals surface area contributed by atoms with Gasteiger partial charge in [-0.1, -0.05) is 6.42 Å². The molecule has 1 aliphatic heterocycles. The van der Waals surface area contributed by atoms with Gasteiger partial charge in [-0.3, -0.25) is 0 Å². The van der Waals surface area contributed by atoms with Gasteiger partial charge in [-0.05, 0) is 6.42 Å². The van der Waals surface area contributed by atoms with Crippen molar-refractivity contribution in [2.45, 2.75) is 32.0 Å². The molecule has 0 fully saturated rings. The average Bonchev–Trinajstić information content (AvgIpc) is 2.41. The third-order valence-corrected chi connectivity index (χ3v) is 1.46. The largest absolute Gasteiger partial charge is 2.00 e. The molecule has 1 rings (SSSR count). The van der Waals surface area contributed by atoms with E-state index in [1.165, 1.54) is 0 Å². The number of hydrogen-bond donors (Lipinski definition) is 0. The van der Waals surface area contributed by atoms with Crippen LogP contribution in [0.3, 0.4) is 0 Å². The van der Waals surface area contributed by atoms with E-state index in [0.717, 1.165) is 25.7 Å². The van der Waals surface area contributed by atoms with E-state index in [1.807, 2.05) is 0 Å². The SMILES string of the molecule is [CH2-]CCCCC1OC=CO1.[Cl-].[Mg+2]. The molecule has 0 saturated carbocycles. The monoisotopic (exact) mass is 200 g/mol. The van der Waals surface area contributed by atoms with E-state index in [-0.39, 0.29) is 41.7 Å². The zero-order valence-corrected chi connectivity index (χ0v) is 9.34. The first-order valence-corrected chi connectivity index (χ1v) is 3.68. The topological polar surface area (TPSA) is 18.5 Å². The van der Waals surface area contributed by atoms with Crippen molar-refractivity contribution >= 4 is 23.1 Å². The van der Waals surface area contributed by atoms with Crippen molar-refractivity contribution in [3.05, 3.63) is 19.4 Å². The first kappa shape index (κ1) is 14.9. The van der Waals surface area contributed by atoms with Gasteiger partial charge in [0.15, 0.2) is 0 Å². The Morgan fingerprint density at radius 2 is 1.75 bits per heavy atom. The van der Waals surface area contributed by atoms with Crippen LogP contribution in [0.25, 0.3) is 0 Å². The Labute approximate surface area is 96.2 Å². The molecule has 0 N–H and O–H groups in total. The summed E-state index contributed by atoms with van der Waals surface area (Å²) in [5.41, 5.74) is 0. The molecule has 0 spiro atoms. The molecule has 0 atom stereocenters. The van der Waals surface area contributed by atoms with E-state index in [4.69, 9.17) is 9.47 Å². The second-order valence-corrected chi connectivity index (χ2v) is 2.32. The van der Waals surface area contributed by atoms with Crippen molar-refractivity contribution in [2.75, 3.05) is 0 Å². The van der Waals surface area contributed by atoms with Crippen molar-refractivity contribution in [3.8, 4) is 0 Å². The maximum Gasteiger partial charge on any atom is 2.00 e. The molecule has 12 heavy (non-hydrogen) atoms.